The van der Waals surface area contributed by atoms with Crippen molar-refractivity contribution in [2.75, 3.05) is 13.6 Å². The van der Waals surface area contributed by atoms with Crippen molar-refractivity contribution in [1.29, 1.82) is 0 Å². The van der Waals surface area contributed by atoms with Gasteiger partial charge in [0.2, 0.25) is 0 Å². The number of rotatable bonds is 2. The van der Waals surface area contributed by atoms with Crippen LogP contribution in [0.4, 0.5) is 4.79 Å². The second-order valence-corrected chi connectivity index (χ2v) is 3.63. The molecule has 0 rings (SSSR count). The van der Waals surface area contributed by atoms with E-state index in [2.05, 4.69) is 11.9 Å². The Kier molecular flexibility index (Phi) is 3.80. The molecule has 12 heavy (non-hydrogen) atoms. The van der Waals surface area contributed by atoms with E-state index in [0.29, 0.717) is 6.54 Å². The number of hydrogen-bond donors (Lipinski definition) is 1. The fraction of sp³-hybridized carbons (Fsp3) is 0.667. The van der Waals surface area contributed by atoms with Crippen LogP contribution < -0.4 is 5.32 Å². The van der Waals surface area contributed by atoms with E-state index in [9.17, 15) is 4.79 Å². The quantitative estimate of drug-likeness (QED) is 0.627. The molecule has 2 amide bonds. The zero-order valence-corrected chi connectivity index (χ0v) is 8.35. The van der Waals surface area contributed by atoms with Crippen molar-refractivity contribution in [3.63, 3.8) is 0 Å². The van der Waals surface area contributed by atoms with E-state index in [1.165, 1.54) is 0 Å². The third kappa shape index (κ3) is 2.95. The second kappa shape index (κ2) is 4.14. The van der Waals surface area contributed by atoms with Gasteiger partial charge in [0.25, 0.3) is 0 Å². The van der Waals surface area contributed by atoms with Crippen molar-refractivity contribution < 1.29 is 4.79 Å². The van der Waals surface area contributed by atoms with Gasteiger partial charge in [0, 0.05) is 19.1 Å². The van der Waals surface area contributed by atoms with E-state index in [4.69, 9.17) is 0 Å². The number of carbonyl (C=O) groups excluding carboxylic acids is 1. The van der Waals surface area contributed by atoms with Gasteiger partial charge in [-0.15, -0.1) is 6.58 Å². The van der Waals surface area contributed by atoms with Gasteiger partial charge in [-0.1, -0.05) is 6.08 Å². The van der Waals surface area contributed by atoms with Gasteiger partial charge in [0.05, 0.1) is 0 Å². The summed E-state index contributed by atoms with van der Waals surface area (Å²) in [6.07, 6.45) is 1.72. The molecule has 0 spiro atoms. The minimum Gasteiger partial charge on any atom is -0.341 e. The van der Waals surface area contributed by atoms with Gasteiger partial charge in [0.15, 0.2) is 0 Å². The number of carbonyl (C=O) groups is 1. The normalized spacial score (nSPS) is 10.7. The Hall–Kier alpha value is -0.990. The van der Waals surface area contributed by atoms with E-state index in [1.54, 1.807) is 18.0 Å². The minimum absolute atomic E-state index is 0.0672. The van der Waals surface area contributed by atoms with Crippen molar-refractivity contribution in [1.82, 2.24) is 10.2 Å². The zero-order valence-electron chi connectivity index (χ0n) is 8.35. The second-order valence-electron chi connectivity index (χ2n) is 3.63. The third-order valence-corrected chi connectivity index (χ3v) is 1.58. The summed E-state index contributed by atoms with van der Waals surface area (Å²) in [5, 5.41) is 2.60. The lowest BCUT2D eigenvalue weighted by Gasteiger charge is -2.34. The van der Waals surface area contributed by atoms with Crippen molar-refractivity contribution in [2.24, 2.45) is 0 Å². The number of hydrogen-bond acceptors (Lipinski definition) is 1. The molecule has 0 aromatic heterocycles. The summed E-state index contributed by atoms with van der Waals surface area (Å²) in [5.41, 5.74) is -0.158. The molecular weight excluding hydrogens is 152 g/mol. The van der Waals surface area contributed by atoms with Gasteiger partial charge < -0.3 is 10.2 Å². The molecule has 3 heteroatoms. The molecule has 0 heterocycles. The molecule has 0 aromatic rings. The fourth-order valence-corrected chi connectivity index (χ4v) is 0.925. The minimum atomic E-state index is -0.158. The fourth-order valence-electron chi connectivity index (χ4n) is 0.925. The first-order valence-electron chi connectivity index (χ1n) is 4.03. The molecule has 70 valence electrons. The Bertz CT molecular complexity index is 170. The number of nitrogens with zero attached hydrogens (tertiary/aromatic N) is 1. The third-order valence-electron chi connectivity index (χ3n) is 1.58. The van der Waals surface area contributed by atoms with Crippen LogP contribution in [0.5, 0.6) is 0 Å². The van der Waals surface area contributed by atoms with Gasteiger partial charge in [-0.05, 0) is 20.8 Å². The Balaban J connectivity index is 4.43. The summed E-state index contributed by atoms with van der Waals surface area (Å²) in [7, 11) is 1.63. The van der Waals surface area contributed by atoms with Crippen LogP contribution in [0.15, 0.2) is 12.7 Å². The summed E-state index contributed by atoms with van der Waals surface area (Å²) < 4.78 is 0. The molecule has 0 atom stereocenters. The van der Waals surface area contributed by atoms with Crippen molar-refractivity contribution in [2.45, 2.75) is 26.3 Å². The summed E-state index contributed by atoms with van der Waals surface area (Å²) in [5.74, 6) is 0. The Morgan fingerprint density at radius 3 is 2.33 bits per heavy atom. The summed E-state index contributed by atoms with van der Waals surface area (Å²) in [6, 6.07) is -0.0672. The number of urea groups is 1. The van der Waals surface area contributed by atoms with Crippen LogP contribution in [0.2, 0.25) is 0 Å². The van der Waals surface area contributed by atoms with Gasteiger partial charge in [-0.3, -0.25) is 0 Å². The van der Waals surface area contributed by atoms with Crippen LogP contribution >= 0.6 is 0 Å². The summed E-state index contributed by atoms with van der Waals surface area (Å²) in [6.45, 7) is 10.2. The van der Waals surface area contributed by atoms with Crippen molar-refractivity contribution in [3.8, 4) is 0 Å². The van der Waals surface area contributed by atoms with Crippen molar-refractivity contribution in [3.05, 3.63) is 12.7 Å². The molecular formula is C9H18N2O. The van der Waals surface area contributed by atoms with Gasteiger partial charge in [-0.25, -0.2) is 4.79 Å². The molecule has 0 saturated heterocycles. The standard InChI is InChI=1S/C9H18N2O/c1-6-7-11(8(12)10-5)9(2,3)4/h6H,1,7H2,2-5H3,(H,10,12). The van der Waals surface area contributed by atoms with Crippen molar-refractivity contribution >= 4 is 6.03 Å². The van der Waals surface area contributed by atoms with Gasteiger partial charge in [-0.2, -0.15) is 0 Å². The lowest BCUT2D eigenvalue weighted by atomic mass is 10.1. The first-order valence-corrected chi connectivity index (χ1v) is 4.03. The van der Waals surface area contributed by atoms with Crippen LogP contribution in [0.25, 0.3) is 0 Å². The predicted octanol–water partition coefficient (Wildman–Crippen LogP) is 1.61. The van der Waals surface area contributed by atoms with Crippen LogP contribution in [0.1, 0.15) is 20.8 Å². The average molecular weight is 170 g/mol. The molecule has 0 aliphatic rings. The van der Waals surface area contributed by atoms with Crippen LogP contribution in [-0.4, -0.2) is 30.1 Å². The van der Waals surface area contributed by atoms with E-state index >= 15 is 0 Å². The Morgan fingerprint density at radius 1 is 1.58 bits per heavy atom. The molecule has 0 radical (unpaired) electrons. The molecule has 0 aromatic carbocycles. The molecule has 0 saturated carbocycles. The highest BCUT2D eigenvalue weighted by molar-refractivity contribution is 5.74. The predicted molar refractivity (Wildman–Crippen MR) is 51.1 cm³/mol. The molecule has 0 fully saturated rings. The topological polar surface area (TPSA) is 32.3 Å². The zero-order chi connectivity index (χ0) is 9.78. The Morgan fingerprint density at radius 2 is 2.08 bits per heavy atom. The lowest BCUT2D eigenvalue weighted by molar-refractivity contribution is 0.157. The molecule has 0 aliphatic heterocycles. The van der Waals surface area contributed by atoms with Gasteiger partial charge >= 0.3 is 6.03 Å². The van der Waals surface area contributed by atoms with Crippen LogP contribution in [0, 0.1) is 0 Å². The highest BCUT2D eigenvalue weighted by Gasteiger charge is 2.23. The number of nitrogens with one attached hydrogen (secondary N) is 1. The first kappa shape index (κ1) is 11.0. The van der Waals surface area contributed by atoms with Gasteiger partial charge in [0.1, 0.15) is 0 Å². The smallest absolute Gasteiger partial charge is 0.317 e. The van der Waals surface area contributed by atoms with E-state index in [1.807, 2.05) is 20.8 Å². The number of amides is 2. The summed E-state index contributed by atoms with van der Waals surface area (Å²) >= 11 is 0. The monoisotopic (exact) mass is 170 g/mol. The molecule has 0 bridgehead atoms. The average Bonchev–Trinajstić information content (AvgIpc) is 1.96. The van der Waals surface area contributed by atoms with E-state index in [-0.39, 0.29) is 11.6 Å². The summed E-state index contributed by atoms with van der Waals surface area (Å²) in [4.78, 5) is 13.0. The maximum Gasteiger partial charge on any atom is 0.317 e. The highest BCUT2D eigenvalue weighted by Crippen LogP contribution is 2.12. The Labute approximate surface area is 74.4 Å². The highest BCUT2D eigenvalue weighted by atomic mass is 16.2. The molecule has 1 N–H and O–H groups in total. The van der Waals surface area contributed by atoms with Crippen LogP contribution in [-0.2, 0) is 0 Å². The first-order chi connectivity index (χ1) is 5.43. The maximum atomic E-state index is 11.3. The van der Waals surface area contributed by atoms with E-state index < -0.39 is 0 Å². The maximum absolute atomic E-state index is 11.3. The largest absolute Gasteiger partial charge is 0.341 e. The lowest BCUT2D eigenvalue weighted by Crippen LogP contribution is -2.49. The van der Waals surface area contributed by atoms with Crippen LogP contribution in [0.3, 0.4) is 0 Å². The molecule has 0 unspecified atom stereocenters. The molecule has 3 nitrogen and oxygen atoms in total. The van der Waals surface area contributed by atoms with E-state index in [0.717, 1.165) is 0 Å². The SMILES string of the molecule is C=CCN(C(=O)NC)C(C)(C)C. The molecule has 0 aliphatic carbocycles.